The van der Waals surface area contributed by atoms with Crippen LogP contribution in [0.25, 0.3) is 17.0 Å². The van der Waals surface area contributed by atoms with E-state index in [0.29, 0.717) is 23.1 Å². The van der Waals surface area contributed by atoms with E-state index in [1.807, 2.05) is 22.9 Å². The molecular weight excluding hydrogens is 314 g/mol. The van der Waals surface area contributed by atoms with Crippen molar-refractivity contribution in [1.82, 2.24) is 24.1 Å². The van der Waals surface area contributed by atoms with Crippen molar-refractivity contribution in [2.45, 2.75) is 57.9 Å². The van der Waals surface area contributed by atoms with Crippen molar-refractivity contribution in [3.63, 3.8) is 0 Å². The van der Waals surface area contributed by atoms with Crippen molar-refractivity contribution >= 4 is 5.65 Å². The second kappa shape index (κ2) is 6.43. The first-order valence-corrected chi connectivity index (χ1v) is 9.08. The minimum atomic E-state index is -0.0923. The molecular formula is C19H23N5O. The summed E-state index contributed by atoms with van der Waals surface area (Å²) >= 11 is 0. The lowest BCUT2D eigenvalue weighted by Crippen LogP contribution is -2.21. The van der Waals surface area contributed by atoms with Crippen molar-refractivity contribution in [1.29, 1.82) is 0 Å². The van der Waals surface area contributed by atoms with Crippen molar-refractivity contribution < 1.29 is 0 Å². The Bertz CT molecular complexity index is 950. The zero-order chi connectivity index (χ0) is 17.4. The molecule has 1 aliphatic rings. The Morgan fingerprint density at radius 1 is 1.16 bits per heavy atom. The molecule has 1 saturated carbocycles. The van der Waals surface area contributed by atoms with E-state index in [-0.39, 0.29) is 11.5 Å². The van der Waals surface area contributed by atoms with Crippen molar-refractivity contribution in [2.24, 2.45) is 0 Å². The van der Waals surface area contributed by atoms with Gasteiger partial charge in [-0.15, -0.1) is 0 Å². The van der Waals surface area contributed by atoms with Crippen LogP contribution in [0.2, 0.25) is 0 Å². The summed E-state index contributed by atoms with van der Waals surface area (Å²) in [5.41, 5.74) is 1.07. The minimum Gasteiger partial charge on any atom is -0.268 e. The van der Waals surface area contributed by atoms with E-state index in [9.17, 15) is 4.79 Å². The summed E-state index contributed by atoms with van der Waals surface area (Å²) in [6, 6.07) is 5.87. The summed E-state index contributed by atoms with van der Waals surface area (Å²) in [4.78, 5) is 22.1. The molecule has 6 heteroatoms. The molecule has 1 aliphatic carbocycles. The Kier molecular flexibility index (Phi) is 4.11. The van der Waals surface area contributed by atoms with Crippen LogP contribution in [0.1, 0.15) is 63.7 Å². The number of aromatic nitrogens is 5. The lowest BCUT2D eigenvalue weighted by atomic mass is 9.95. The predicted octanol–water partition coefficient (Wildman–Crippen LogP) is 3.58. The Balaban J connectivity index is 1.89. The van der Waals surface area contributed by atoms with Crippen LogP contribution in [0.15, 0.2) is 35.4 Å². The Labute approximate surface area is 146 Å². The van der Waals surface area contributed by atoms with E-state index in [0.717, 1.165) is 18.7 Å². The van der Waals surface area contributed by atoms with Crippen LogP contribution in [-0.2, 0) is 0 Å². The molecule has 0 unspecified atom stereocenters. The first-order chi connectivity index (χ1) is 12.1. The molecule has 3 heterocycles. The fourth-order valence-electron chi connectivity index (χ4n) is 3.53. The van der Waals surface area contributed by atoms with Gasteiger partial charge in [0.1, 0.15) is 11.2 Å². The van der Waals surface area contributed by atoms with Crippen LogP contribution in [0, 0.1) is 0 Å². The van der Waals surface area contributed by atoms with Crippen LogP contribution in [0.5, 0.6) is 0 Å². The Morgan fingerprint density at radius 3 is 2.72 bits per heavy atom. The standard InChI is InChI=1S/C19H23N5O/c1-13(2)17-21-18(24(22-17)14-8-4-3-5-9-14)15-12-20-16-10-6-7-11-23(16)19(15)25/h6-7,10-14H,3-5,8-9H2,1-2H3. The van der Waals surface area contributed by atoms with Gasteiger partial charge in [-0.05, 0) is 25.0 Å². The molecule has 0 N–H and O–H groups in total. The van der Waals surface area contributed by atoms with Crippen molar-refractivity contribution in [3.05, 3.63) is 46.8 Å². The summed E-state index contributed by atoms with van der Waals surface area (Å²) in [6.07, 6.45) is 9.26. The van der Waals surface area contributed by atoms with Gasteiger partial charge in [-0.25, -0.2) is 14.6 Å². The number of hydrogen-bond acceptors (Lipinski definition) is 4. The first kappa shape index (κ1) is 16.0. The van der Waals surface area contributed by atoms with Crippen LogP contribution >= 0.6 is 0 Å². The lowest BCUT2D eigenvalue weighted by Gasteiger charge is -2.23. The fraction of sp³-hybridized carbons (Fsp3) is 0.474. The monoisotopic (exact) mass is 337 g/mol. The van der Waals surface area contributed by atoms with Crippen molar-refractivity contribution in [2.75, 3.05) is 0 Å². The third-order valence-corrected chi connectivity index (χ3v) is 4.94. The first-order valence-electron chi connectivity index (χ1n) is 9.08. The fourth-order valence-corrected chi connectivity index (χ4v) is 3.53. The highest BCUT2D eigenvalue weighted by Gasteiger charge is 2.24. The maximum absolute atomic E-state index is 13.0. The van der Waals surface area contributed by atoms with Crippen LogP contribution < -0.4 is 5.56 Å². The van der Waals surface area contributed by atoms with Crippen LogP contribution in [0.3, 0.4) is 0 Å². The lowest BCUT2D eigenvalue weighted by molar-refractivity contribution is 0.330. The summed E-state index contributed by atoms with van der Waals surface area (Å²) < 4.78 is 3.56. The van der Waals surface area contributed by atoms with Gasteiger partial charge in [-0.1, -0.05) is 39.2 Å². The zero-order valence-corrected chi connectivity index (χ0v) is 14.7. The van der Waals surface area contributed by atoms with Gasteiger partial charge in [0.2, 0.25) is 0 Å². The van der Waals surface area contributed by atoms with Gasteiger partial charge in [0.05, 0.1) is 6.04 Å². The topological polar surface area (TPSA) is 65.1 Å². The summed E-state index contributed by atoms with van der Waals surface area (Å²) in [6.45, 7) is 4.16. The van der Waals surface area contributed by atoms with Gasteiger partial charge < -0.3 is 0 Å². The van der Waals surface area contributed by atoms with Gasteiger partial charge in [-0.2, -0.15) is 5.10 Å². The average molecular weight is 337 g/mol. The molecule has 0 spiro atoms. The number of rotatable bonds is 3. The maximum Gasteiger partial charge on any atom is 0.268 e. The molecule has 1 fully saturated rings. The molecule has 0 atom stereocenters. The van der Waals surface area contributed by atoms with E-state index >= 15 is 0 Å². The molecule has 3 aromatic rings. The molecule has 6 nitrogen and oxygen atoms in total. The van der Waals surface area contributed by atoms with E-state index in [1.165, 1.54) is 19.3 Å². The largest absolute Gasteiger partial charge is 0.268 e. The second-order valence-electron chi connectivity index (χ2n) is 7.09. The second-order valence-corrected chi connectivity index (χ2v) is 7.09. The predicted molar refractivity (Wildman–Crippen MR) is 96.7 cm³/mol. The number of pyridine rings is 1. The third kappa shape index (κ3) is 2.86. The van der Waals surface area contributed by atoms with Gasteiger partial charge in [0.15, 0.2) is 11.6 Å². The highest BCUT2D eigenvalue weighted by Crippen LogP contribution is 2.31. The third-order valence-electron chi connectivity index (χ3n) is 4.94. The van der Waals surface area contributed by atoms with Gasteiger partial charge in [0.25, 0.3) is 5.56 Å². The molecule has 0 saturated heterocycles. The SMILES string of the molecule is CC(C)c1nc(-c2cnc3ccccn3c2=O)n(C2CCCCC2)n1. The van der Waals surface area contributed by atoms with E-state index < -0.39 is 0 Å². The Hall–Kier alpha value is -2.50. The normalized spacial score (nSPS) is 16.0. The molecule has 4 rings (SSSR count). The summed E-state index contributed by atoms with van der Waals surface area (Å²) in [5.74, 6) is 1.67. The molecule has 3 aromatic heterocycles. The van der Waals surface area contributed by atoms with Crippen LogP contribution in [-0.4, -0.2) is 24.1 Å². The quantitative estimate of drug-likeness (QED) is 0.733. The van der Waals surface area contributed by atoms with Gasteiger partial charge in [-0.3, -0.25) is 9.20 Å². The molecule has 130 valence electrons. The smallest absolute Gasteiger partial charge is 0.268 e. The number of nitrogens with zero attached hydrogens (tertiary/aromatic N) is 5. The molecule has 0 amide bonds. The highest BCUT2D eigenvalue weighted by molar-refractivity contribution is 5.55. The molecule has 0 bridgehead atoms. The van der Waals surface area contributed by atoms with E-state index in [4.69, 9.17) is 10.1 Å². The van der Waals surface area contributed by atoms with E-state index in [2.05, 4.69) is 18.8 Å². The highest BCUT2D eigenvalue weighted by atomic mass is 16.1. The van der Waals surface area contributed by atoms with Gasteiger partial charge >= 0.3 is 0 Å². The summed E-state index contributed by atoms with van der Waals surface area (Å²) in [7, 11) is 0. The summed E-state index contributed by atoms with van der Waals surface area (Å²) in [5, 5.41) is 4.76. The maximum atomic E-state index is 13.0. The molecule has 0 aromatic carbocycles. The van der Waals surface area contributed by atoms with E-state index in [1.54, 1.807) is 16.8 Å². The van der Waals surface area contributed by atoms with Crippen molar-refractivity contribution in [3.8, 4) is 11.4 Å². The minimum absolute atomic E-state index is 0.0923. The zero-order valence-electron chi connectivity index (χ0n) is 14.7. The number of hydrogen-bond donors (Lipinski definition) is 0. The molecule has 0 radical (unpaired) electrons. The van der Waals surface area contributed by atoms with Gasteiger partial charge in [0, 0.05) is 18.3 Å². The molecule has 25 heavy (non-hydrogen) atoms. The average Bonchev–Trinajstić information content (AvgIpc) is 3.08. The number of fused-ring (bicyclic) bond motifs is 1. The molecule has 0 aliphatic heterocycles. The Morgan fingerprint density at radius 2 is 1.96 bits per heavy atom. The van der Waals surface area contributed by atoms with Crippen LogP contribution in [0.4, 0.5) is 0 Å².